The van der Waals surface area contributed by atoms with Crippen molar-refractivity contribution in [1.29, 1.82) is 0 Å². The summed E-state index contributed by atoms with van der Waals surface area (Å²) < 4.78 is 25.9. The number of nitrogens with one attached hydrogen (secondary N) is 2. The molecule has 0 bridgehead atoms. The van der Waals surface area contributed by atoms with E-state index in [-0.39, 0.29) is 35.4 Å². The molecule has 2 N–H and O–H groups in total. The summed E-state index contributed by atoms with van der Waals surface area (Å²) in [5.41, 5.74) is 1.39. The van der Waals surface area contributed by atoms with Crippen molar-refractivity contribution in [1.82, 2.24) is 25.5 Å². The van der Waals surface area contributed by atoms with Gasteiger partial charge in [-0.25, -0.2) is 9.37 Å². The van der Waals surface area contributed by atoms with Gasteiger partial charge in [-0.3, -0.25) is 4.79 Å². The first-order chi connectivity index (χ1) is 16.9. The standard InChI is InChI=1S/C24H28FN7O3/c1-5-34-17-8-6-16(7-9-17)18-10-20(30-31-21(18)23(33)26-4)28-22-19(25)11-27-24(29-22)32-12-14(2)35-15(3)13-32/h6-11,14-15H,5,12-13H2,1-4H3,(H,26,33)(H,27,28,29,30)/t14-,15+. The summed E-state index contributed by atoms with van der Waals surface area (Å²) in [4.78, 5) is 22.9. The maximum atomic E-state index is 14.6. The van der Waals surface area contributed by atoms with Gasteiger partial charge in [0.05, 0.1) is 25.0 Å². The molecule has 2 aromatic heterocycles. The summed E-state index contributed by atoms with van der Waals surface area (Å²) in [6.45, 7) is 7.58. The lowest BCUT2D eigenvalue weighted by Gasteiger charge is -2.35. The number of nitrogens with zero attached hydrogens (tertiary/aromatic N) is 5. The maximum absolute atomic E-state index is 14.6. The molecule has 1 aliphatic heterocycles. The monoisotopic (exact) mass is 481 g/mol. The quantitative estimate of drug-likeness (QED) is 0.525. The molecule has 0 saturated carbocycles. The van der Waals surface area contributed by atoms with Crippen LogP contribution in [0, 0.1) is 5.82 Å². The Labute approximate surface area is 202 Å². The molecule has 0 unspecified atom stereocenters. The highest BCUT2D eigenvalue weighted by atomic mass is 19.1. The molecule has 1 aromatic carbocycles. The van der Waals surface area contributed by atoms with Gasteiger partial charge in [-0.1, -0.05) is 12.1 Å². The van der Waals surface area contributed by atoms with Crippen molar-refractivity contribution >= 4 is 23.5 Å². The van der Waals surface area contributed by atoms with E-state index in [0.717, 1.165) is 11.8 Å². The highest BCUT2D eigenvalue weighted by Crippen LogP contribution is 2.28. The van der Waals surface area contributed by atoms with Crippen molar-refractivity contribution in [2.75, 3.05) is 37.0 Å². The SMILES string of the molecule is CCOc1ccc(-c2cc(Nc3nc(N4C[C@@H](C)O[C@@H](C)C4)ncc3F)nnc2C(=O)NC)cc1. The third-order valence-electron chi connectivity index (χ3n) is 5.39. The fourth-order valence-corrected chi connectivity index (χ4v) is 3.92. The third-order valence-corrected chi connectivity index (χ3v) is 5.39. The van der Waals surface area contributed by atoms with E-state index in [2.05, 4.69) is 30.8 Å². The number of ether oxygens (including phenoxy) is 2. The van der Waals surface area contributed by atoms with Gasteiger partial charge in [0.15, 0.2) is 23.1 Å². The molecule has 2 atom stereocenters. The summed E-state index contributed by atoms with van der Waals surface area (Å²) in [5.74, 6) is 0.259. The van der Waals surface area contributed by atoms with Crippen molar-refractivity contribution in [2.24, 2.45) is 0 Å². The molecule has 1 amide bonds. The predicted molar refractivity (Wildman–Crippen MR) is 130 cm³/mol. The molecule has 1 aliphatic rings. The minimum absolute atomic E-state index is 0.00334. The third kappa shape index (κ3) is 5.62. The first kappa shape index (κ1) is 24.3. The van der Waals surface area contributed by atoms with Crippen molar-refractivity contribution in [2.45, 2.75) is 33.0 Å². The smallest absolute Gasteiger partial charge is 0.272 e. The van der Waals surface area contributed by atoms with E-state index >= 15 is 0 Å². The van der Waals surface area contributed by atoms with E-state index in [9.17, 15) is 9.18 Å². The van der Waals surface area contributed by atoms with E-state index in [0.29, 0.717) is 37.0 Å². The zero-order chi connectivity index (χ0) is 24.9. The Morgan fingerprint density at radius 2 is 1.91 bits per heavy atom. The van der Waals surface area contributed by atoms with Crippen LogP contribution in [0.4, 0.5) is 22.0 Å². The Kier molecular flexibility index (Phi) is 7.35. The lowest BCUT2D eigenvalue weighted by Crippen LogP contribution is -2.46. The highest BCUT2D eigenvalue weighted by Gasteiger charge is 2.25. The number of halogens is 1. The van der Waals surface area contributed by atoms with E-state index in [1.165, 1.54) is 7.05 Å². The van der Waals surface area contributed by atoms with Crippen LogP contribution in [-0.2, 0) is 4.74 Å². The second kappa shape index (κ2) is 10.6. The van der Waals surface area contributed by atoms with Crippen LogP contribution < -0.4 is 20.3 Å². The minimum atomic E-state index is -0.636. The molecule has 1 fully saturated rings. The Hall–Kier alpha value is -3.86. The summed E-state index contributed by atoms with van der Waals surface area (Å²) in [5, 5.41) is 13.6. The van der Waals surface area contributed by atoms with Gasteiger partial charge in [0, 0.05) is 25.7 Å². The number of aromatic nitrogens is 4. The van der Waals surface area contributed by atoms with Crippen LogP contribution >= 0.6 is 0 Å². The summed E-state index contributed by atoms with van der Waals surface area (Å²) in [7, 11) is 1.52. The van der Waals surface area contributed by atoms with Crippen LogP contribution in [0.2, 0.25) is 0 Å². The number of carbonyl (C=O) groups is 1. The van der Waals surface area contributed by atoms with Gasteiger partial charge in [-0.2, -0.15) is 4.98 Å². The van der Waals surface area contributed by atoms with Crippen LogP contribution in [0.1, 0.15) is 31.3 Å². The summed E-state index contributed by atoms with van der Waals surface area (Å²) in [6, 6.07) is 8.89. The molecule has 3 aromatic rings. The van der Waals surface area contributed by atoms with Gasteiger partial charge in [-0.15, -0.1) is 10.2 Å². The number of morpholine rings is 1. The fourth-order valence-electron chi connectivity index (χ4n) is 3.92. The van der Waals surface area contributed by atoms with Crippen LogP contribution in [0.5, 0.6) is 5.75 Å². The van der Waals surface area contributed by atoms with Crippen molar-refractivity contribution in [3.05, 3.63) is 48.0 Å². The average Bonchev–Trinajstić information content (AvgIpc) is 2.85. The number of benzene rings is 1. The molecule has 10 nitrogen and oxygen atoms in total. The van der Waals surface area contributed by atoms with Gasteiger partial charge in [0.25, 0.3) is 5.91 Å². The first-order valence-corrected chi connectivity index (χ1v) is 11.4. The van der Waals surface area contributed by atoms with Gasteiger partial charge in [0.1, 0.15) is 5.75 Å². The molecule has 0 aliphatic carbocycles. The summed E-state index contributed by atoms with van der Waals surface area (Å²) >= 11 is 0. The minimum Gasteiger partial charge on any atom is -0.494 e. The van der Waals surface area contributed by atoms with Crippen LogP contribution in [0.3, 0.4) is 0 Å². The van der Waals surface area contributed by atoms with Crippen molar-refractivity contribution < 1.29 is 18.7 Å². The first-order valence-electron chi connectivity index (χ1n) is 11.4. The molecule has 35 heavy (non-hydrogen) atoms. The van der Waals surface area contributed by atoms with E-state index in [4.69, 9.17) is 9.47 Å². The number of amides is 1. The Morgan fingerprint density at radius 3 is 2.57 bits per heavy atom. The Balaban J connectivity index is 1.65. The Morgan fingerprint density at radius 1 is 1.20 bits per heavy atom. The molecule has 3 heterocycles. The van der Waals surface area contributed by atoms with Crippen molar-refractivity contribution in [3.63, 3.8) is 0 Å². The zero-order valence-corrected chi connectivity index (χ0v) is 20.1. The summed E-state index contributed by atoms with van der Waals surface area (Å²) in [6.07, 6.45) is 1.13. The zero-order valence-electron chi connectivity index (χ0n) is 20.1. The van der Waals surface area contributed by atoms with Crippen LogP contribution in [0.15, 0.2) is 36.5 Å². The molecule has 1 saturated heterocycles. The molecule has 184 valence electrons. The number of rotatable bonds is 7. The van der Waals surface area contributed by atoms with Crippen molar-refractivity contribution in [3.8, 4) is 16.9 Å². The molecule has 11 heteroatoms. The number of carbonyl (C=O) groups excluding carboxylic acids is 1. The number of anilines is 3. The van der Waals surface area contributed by atoms with Gasteiger partial charge >= 0.3 is 0 Å². The molecular formula is C24H28FN7O3. The van der Waals surface area contributed by atoms with E-state index in [1.54, 1.807) is 18.2 Å². The maximum Gasteiger partial charge on any atom is 0.272 e. The number of hydrogen-bond donors (Lipinski definition) is 2. The molecule has 0 radical (unpaired) electrons. The number of hydrogen-bond acceptors (Lipinski definition) is 9. The van der Waals surface area contributed by atoms with Gasteiger partial charge in [-0.05, 0) is 44.5 Å². The molecule has 4 rings (SSSR count). The Bertz CT molecular complexity index is 1180. The van der Waals surface area contributed by atoms with Gasteiger partial charge < -0.3 is 25.0 Å². The van der Waals surface area contributed by atoms with Gasteiger partial charge in [0.2, 0.25) is 5.95 Å². The second-order valence-electron chi connectivity index (χ2n) is 8.18. The predicted octanol–water partition coefficient (Wildman–Crippen LogP) is 3.19. The molecule has 0 spiro atoms. The van der Waals surface area contributed by atoms with E-state index in [1.807, 2.05) is 37.8 Å². The van der Waals surface area contributed by atoms with Crippen LogP contribution in [-0.4, -0.2) is 65.0 Å². The second-order valence-corrected chi connectivity index (χ2v) is 8.18. The largest absolute Gasteiger partial charge is 0.494 e. The lowest BCUT2D eigenvalue weighted by molar-refractivity contribution is -0.00572. The fraction of sp³-hybridized carbons (Fsp3) is 0.375. The normalized spacial score (nSPS) is 17.7. The van der Waals surface area contributed by atoms with Crippen LogP contribution in [0.25, 0.3) is 11.1 Å². The molecular weight excluding hydrogens is 453 g/mol. The van der Waals surface area contributed by atoms with E-state index < -0.39 is 5.82 Å². The lowest BCUT2D eigenvalue weighted by atomic mass is 10.0. The highest BCUT2D eigenvalue weighted by molar-refractivity contribution is 5.99. The average molecular weight is 482 g/mol. The topological polar surface area (TPSA) is 114 Å².